The van der Waals surface area contributed by atoms with Gasteiger partial charge in [-0.05, 0) is 67.4 Å². The predicted molar refractivity (Wildman–Crippen MR) is 110 cm³/mol. The third-order valence-corrected chi connectivity index (χ3v) is 6.32. The van der Waals surface area contributed by atoms with Gasteiger partial charge in [-0.3, -0.25) is 9.69 Å². The molecule has 1 atom stereocenters. The van der Waals surface area contributed by atoms with E-state index >= 15 is 0 Å². The molecule has 0 saturated carbocycles. The normalized spacial score (nSPS) is 16.6. The molecule has 0 aliphatic carbocycles. The highest BCUT2D eigenvalue weighted by Gasteiger charge is 2.25. The van der Waals surface area contributed by atoms with E-state index in [1.165, 1.54) is 17.7 Å². The van der Waals surface area contributed by atoms with Crippen LogP contribution in [-0.2, 0) is 11.2 Å². The van der Waals surface area contributed by atoms with Crippen molar-refractivity contribution in [2.45, 2.75) is 38.6 Å². The van der Waals surface area contributed by atoms with Crippen molar-refractivity contribution in [3.63, 3.8) is 0 Å². The predicted octanol–water partition coefficient (Wildman–Crippen LogP) is 4.14. The van der Waals surface area contributed by atoms with E-state index in [4.69, 9.17) is 5.26 Å². The fourth-order valence-electron chi connectivity index (χ4n) is 3.53. The van der Waals surface area contributed by atoms with Crippen molar-refractivity contribution in [1.82, 2.24) is 10.2 Å². The van der Waals surface area contributed by atoms with Crippen LogP contribution < -0.4 is 5.32 Å². The smallest absolute Gasteiger partial charge is 0.220 e. The van der Waals surface area contributed by atoms with Gasteiger partial charge < -0.3 is 5.32 Å². The third kappa shape index (κ3) is 5.66. The Morgan fingerprint density at radius 3 is 2.67 bits per heavy atom. The molecule has 0 radical (unpaired) electrons. The lowest BCUT2D eigenvalue weighted by molar-refractivity contribution is -0.121. The molecule has 0 bridgehead atoms. The maximum absolute atomic E-state index is 12.4. The minimum absolute atomic E-state index is 0.0892. The molecular weight excluding hydrogens is 354 g/mol. The summed E-state index contributed by atoms with van der Waals surface area (Å²) in [5.41, 5.74) is 1.74. The fraction of sp³-hybridized carbons (Fsp3) is 0.455. The molecule has 1 amide bonds. The second kappa shape index (κ2) is 9.68. The van der Waals surface area contributed by atoms with Crippen molar-refractivity contribution in [2.24, 2.45) is 5.92 Å². The number of benzene rings is 1. The van der Waals surface area contributed by atoms with Gasteiger partial charge in [0.05, 0.1) is 17.7 Å². The van der Waals surface area contributed by atoms with Crippen LogP contribution >= 0.6 is 11.3 Å². The first-order valence-corrected chi connectivity index (χ1v) is 10.6. The van der Waals surface area contributed by atoms with Crippen molar-refractivity contribution in [1.29, 1.82) is 5.26 Å². The Hall–Kier alpha value is -2.16. The summed E-state index contributed by atoms with van der Waals surface area (Å²) in [7, 11) is 0. The Morgan fingerprint density at radius 1 is 1.30 bits per heavy atom. The van der Waals surface area contributed by atoms with Gasteiger partial charge in [-0.25, -0.2) is 0 Å². The summed E-state index contributed by atoms with van der Waals surface area (Å²) in [5, 5.41) is 14.1. The molecule has 0 spiro atoms. The number of nitrogens with one attached hydrogen (secondary N) is 1. The summed E-state index contributed by atoms with van der Waals surface area (Å²) in [4.78, 5) is 16.2. The van der Waals surface area contributed by atoms with Gasteiger partial charge in [0.1, 0.15) is 0 Å². The van der Waals surface area contributed by atoms with E-state index < -0.39 is 0 Å². The number of hydrogen-bond acceptors (Lipinski definition) is 4. The van der Waals surface area contributed by atoms with Crippen LogP contribution in [0, 0.1) is 17.2 Å². The number of amides is 1. The highest BCUT2D eigenvalue weighted by atomic mass is 32.1. The number of carbonyl (C=O) groups excluding carboxylic acids is 1. The average Bonchev–Trinajstić information content (AvgIpc) is 3.23. The van der Waals surface area contributed by atoms with Crippen LogP contribution in [0.2, 0.25) is 0 Å². The summed E-state index contributed by atoms with van der Waals surface area (Å²) < 4.78 is 0. The molecule has 4 nitrogen and oxygen atoms in total. The number of rotatable bonds is 7. The Labute approximate surface area is 165 Å². The highest BCUT2D eigenvalue weighted by molar-refractivity contribution is 7.10. The third-order valence-electron chi connectivity index (χ3n) is 5.35. The van der Waals surface area contributed by atoms with Gasteiger partial charge in [0.15, 0.2) is 0 Å². The standard InChI is InChI=1S/C22H27N3OS/c1-17-10-12-25(13-11-17)20(21-3-2-14-27-21)16-24-22(26)9-8-18-4-6-19(15-23)7-5-18/h2-7,14,17,20H,8-13,16H2,1H3,(H,24,26). The van der Waals surface area contributed by atoms with Crippen molar-refractivity contribution in [2.75, 3.05) is 19.6 Å². The van der Waals surface area contributed by atoms with Crippen molar-refractivity contribution < 1.29 is 4.79 Å². The molecule has 1 aliphatic heterocycles. The van der Waals surface area contributed by atoms with Gasteiger partial charge >= 0.3 is 0 Å². The summed E-state index contributed by atoms with van der Waals surface area (Å²) in [5.74, 6) is 0.888. The van der Waals surface area contributed by atoms with Crippen LogP contribution in [0.1, 0.15) is 48.2 Å². The molecule has 2 aromatic rings. The zero-order valence-electron chi connectivity index (χ0n) is 15.9. The van der Waals surface area contributed by atoms with Gasteiger partial charge in [-0.1, -0.05) is 25.1 Å². The largest absolute Gasteiger partial charge is 0.354 e. The van der Waals surface area contributed by atoms with E-state index in [0.29, 0.717) is 24.9 Å². The minimum Gasteiger partial charge on any atom is -0.354 e. The monoisotopic (exact) mass is 381 g/mol. The molecule has 1 aliphatic rings. The minimum atomic E-state index is 0.0892. The first-order valence-electron chi connectivity index (χ1n) is 9.69. The average molecular weight is 382 g/mol. The quantitative estimate of drug-likeness (QED) is 0.784. The number of nitriles is 1. The van der Waals surface area contributed by atoms with E-state index in [0.717, 1.165) is 24.6 Å². The molecule has 27 heavy (non-hydrogen) atoms. The molecule has 5 heteroatoms. The first kappa shape index (κ1) is 19.6. The molecule has 142 valence electrons. The first-order chi connectivity index (χ1) is 13.2. The highest BCUT2D eigenvalue weighted by Crippen LogP contribution is 2.29. The molecular formula is C22H27N3OS. The lowest BCUT2D eigenvalue weighted by Gasteiger charge is -2.36. The van der Waals surface area contributed by atoms with Crippen LogP contribution in [0.5, 0.6) is 0 Å². The van der Waals surface area contributed by atoms with Gasteiger partial charge in [0.25, 0.3) is 0 Å². The number of piperidine rings is 1. The van der Waals surface area contributed by atoms with Crippen LogP contribution in [-0.4, -0.2) is 30.4 Å². The molecule has 1 unspecified atom stereocenters. The van der Waals surface area contributed by atoms with Gasteiger partial charge in [0.2, 0.25) is 5.91 Å². The van der Waals surface area contributed by atoms with Gasteiger partial charge in [-0.2, -0.15) is 5.26 Å². The Morgan fingerprint density at radius 2 is 2.04 bits per heavy atom. The van der Waals surface area contributed by atoms with Crippen LogP contribution in [0.4, 0.5) is 0 Å². The number of carbonyl (C=O) groups is 1. The molecule has 1 aromatic carbocycles. The number of likely N-dealkylation sites (tertiary alicyclic amines) is 1. The lowest BCUT2D eigenvalue weighted by Crippen LogP contribution is -2.41. The topological polar surface area (TPSA) is 56.1 Å². The SMILES string of the molecule is CC1CCN(C(CNC(=O)CCc2ccc(C#N)cc2)c2cccs2)CC1. The van der Waals surface area contributed by atoms with Crippen molar-refractivity contribution in [3.05, 3.63) is 57.8 Å². The van der Waals surface area contributed by atoms with E-state index in [-0.39, 0.29) is 11.9 Å². The second-order valence-corrected chi connectivity index (χ2v) is 8.34. The Bertz CT molecular complexity index is 756. The van der Waals surface area contributed by atoms with Gasteiger partial charge in [0, 0.05) is 17.8 Å². The Kier molecular flexibility index (Phi) is 7.03. The Balaban J connectivity index is 1.51. The maximum atomic E-state index is 12.4. The van der Waals surface area contributed by atoms with E-state index in [9.17, 15) is 4.79 Å². The van der Waals surface area contributed by atoms with Crippen LogP contribution in [0.25, 0.3) is 0 Å². The number of nitrogens with zero attached hydrogens (tertiary/aromatic N) is 2. The molecule has 2 heterocycles. The summed E-state index contributed by atoms with van der Waals surface area (Å²) in [6.07, 6.45) is 3.63. The summed E-state index contributed by atoms with van der Waals surface area (Å²) >= 11 is 1.77. The molecule has 1 aromatic heterocycles. The zero-order chi connectivity index (χ0) is 19.1. The summed E-state index contributed by atoms with van der Waals surface area (Å²) in [6.45, 7) is 5.19. The fourth-order valence-corrected chi connectivity index (χ4v) is 4.39. The molecule has 1 saturated heterocycles. The van der Waals surface area contributed by atoms with E-state index in [1.807, 2.05) is 12.1 Å². The van der Waals surface area contributed by atoms with Crippen molar-refractivity contribution in [3.8, 4) is 6.07 Å². The maximum Gasteiger partial charge on any atom is 0.220 e. The van der Waals surface area contributed by atoms with Crippen LogP contribution in [0.3, 0.4) is 0 Å². The molecule has 1 N–H and O–H groups in total. The lowest BCUT2D eigenvalue weighted by atomic mass is 9.97. The van der Waals surface area contributed by atoms with Crippen LogP contribution in [0.15, 0.2) is 41.8 Å². The van der Waals surface area contributed by atoms with E-state index in [2.05, 4.69) is 40.7 Å². The second-order valence-electron chi connectivity index (χ2n) is 7.36. The summed E-state index contributed by atoms with van der Waals surface area (Å²) in [6, 6.07) is 14.1. The van der Waals surface area contributed by atoms with Crippen molar-refractivity contribution >= 4 is 17.2 Å². The zero-order valence-corrected chi connectivity index (χ0v) is 16.7. The number of aryl methyl sites for hydroxylation is 1. The number of hydrogen-bond donors (Lipinski definition) is 1. The molecule has 3 rings (SSSR count). The number of thiophene rings is 1. The van der Waals surface area contributed by atoms with Gasteiger partial charge in [-0.15, -0.1) is 11.3 Å². The van der Waals surface area contributed by atoms with E-state index in [1.54, 1.807) is 23.5 Å². The molecule has 1 fully saturated rings.